The number of hydrogen-bond donors (Lipinski definition) is 1. The molecule has 0 aromatic heterocycles. The van der Waals surface area contributed by atoms with Gasteiger partial charge in [0.25, 0.3) is 0 Å². The van der Waals surface area contributed by atoms with Crippen LogP contribution in [0.25, 0.3) is 0 Å². The fourth-order valence-corrected chi connectivity index (χ4v) is 6.40. The second-order valence-corrected chi connectivity index (χ2v) is 6.96. The van der Waals surface area contributed by atoms with Crippen molar-refractivity contribution in [1.82, 2.24) is 0 Å². The maximum atomic E-state index is 6.05. The predicted molar refractivity (Wildman–Crippen MR) is 64.5 cm³/mol. The van der Waals surface area contributed by atoms with Crippen LogP contribution in [0.4, 0.5) is 0 Å². The smallest absolute Gasteiger partial charge is 0.175 e. The fraction of sp³-hybridized carbons (Fsp3) is 1.00. The Balaban J connectivity index is 1.82. The van der Waals surface area contributed by atoms with Crippen LogP contribution in [0.1, 0.15) is 33.1 Å². The van der Waals surface area contributed by atoms with Gasteiger partial charge in [-0.05, 0) is 29.6 Å². The molecule has 4 rings (SSSR count). The summed E-state index contributed by atoms with van der Waals surface area (Å²) >= 11 is 4.66. The third-order valence-corrected chi connectivity index (χ3v) is 7.10. The highest BCUT2D eigenvalue weighted by Gasteiger charge is 2.92. The van der Waals surface area contributed by atoms with Gasteiger partial charge in [-0.2, -0.15) is 12.6 Å². The SMILES string of the molecule is CC1(C)[C@H]2CC3(OCCO3)[C@]3(CS)CCC213. The summed E-state index contributed by atoms with van der Waals surface area (Å²) in [5.74, 6) is 1.47. The van der Waals surface area contributed by atoms with Crippen LogP contribution < -0.4 is 0 Å². The zero-order chi connectivity index (χ0) is 11.2. The van der Waals surface area contributed by atoms with Gasteiger partial charge in [0, 0.05) is 17.6 Å². The minimum Gasteiger partial charge on any atom is -0.347 e. The van der Waals surface area contributed by atoms with E-state index in [4.69, 9.17) is 9.47 Å². The highest BCUT2D eigenvalue weighted by molar-refractivity contribution is 7.80. The highest BCUT2D eigenvalue weighted by atomic mass is 32.1. The van der Waals surface area contributed by atoms with E-state index in [2.05, 4.69) is 26.5 Å². The van der Waals surface area contributed by atoms with E-state index in [1.165, 1.54) is 12.8 Å². The molecule has 0 amide bonds. The summed E-state index contributed by atoms with van der Waals surface area (Å²) < 4.78 is 12.1. The molecular weight excluding hydrogens is 220 g/mol. The summed E-state index contributed by atoms with van der Waals surface area (Å²) in [5, 5.41) is 0. The molecule has 4 fully saturated rings. The molecule has 16 heavy (non-hydrogen) atoms. The lowest BCUT2D eigenvalue weighted by Gasteiger charge is -2.57. The van der Waals surface area contributed by atoms with Gasteiger partial charge in [-0.3, -0.25) is 0 Å². The van der Waals surface area contributed by atoms with E-state index in [9.17, 15) is 0 Å². The van der Waals surface area contributed by atoms with Crippen LogP contribution in [-0.2, 0) is 9.47 Å². The van der Waals surface area contributed by atoms with Crippen LogP contribution in [0.5, 0.6) is 0 Å². The van der Waals surface area contributed by atoms with Gasteiger partial charge in [-0.15, -0.1) is 0 Å². The highest BCUT2D eigenvalue weighted by Crippen LogP contribution is 2.93. The molecule has 3 saturated carbocycles. The third-order valence-electron chi connectivity index (χ3n) is 6.56. The van der Waals surface area contributed by atoms with E-state index in [1.807, 2.05) is 0 Å². The number of thiol groups is 1. The van der Waals surface area contributed by atoms with E-state index >= 15 is 0 Å². The van der Waals surface area contributed by atoms with Crippen LogP contribution in [-0.4, -0.2) is 24.8 Å². The van der Waals surface area contributed by atoms with Crippen molar-refractivity contribution >= 4 is 12.6 Å². The average Bonchev–Trinajstić information content (AvgIpc) is 2.55. The largest absolute Gasteiger partial charge is 0.347 e. The number of rotatable bonds is 1. The number of hydrogen-bond acceptors (Lipinski definition) is 3. The summed E-state index contributed by atoms with van der Waals surface area (Å²) in [5.41, 5.74) is 1.20. The van der Waals surface area contributed by atoms with Crippen LogP contribution in [0.3, 0.4) is 0 Å². The van der Waals surface area contributed by atoms with E-state index in [0.717, 1.165) is 31.3 Å². The number of ether oxygens (including phenoxy) is 2. The first-order valence-corrected chi connectivity index (χ1v) is 7.08. The minimum absolute atomic E-state index is 0.216. The van der Waals surface area contributed by atoms with Gasteiger partial charge in [0.15, 0.2) is 5.79 Å². The molecule has 3 atom stereocenters. The summed E-state index contributed by atoms with van der Waals surface area (Å²) in [6.45, 7) is 6.41. The Hall–Kier alpha value is 0.270. The summed E-state index contributed by atoms with van der Waals surface area (Å²) in [7, 11) is 0. The van der Waals surface area contributed by atoms with Crippen LogP contribution >= 0.6 is 12.6 Å². The molecule has 0 radical (unpaired) electrons. The molecule has 0 bridgehead atoms. The van der Waals surface area contributed by atoms with Crippen molar-refractivity contribution < 1.29 is 9.47 Å². The standard InChI is InChI=1S/C13H20O2S/c1-10(2)9-7-13(14-5-6-15-13)11(8-16)3-4-12(9,10)11/h9,16H,3-8H2,1-2H3/t9-,11+,12?/m1/s1. The molecule has 2 nitrogen and oxygen atoms in total. The van der Waals surface area contributed by atoms with Gasteiger partial charge in [-0.1, -0.05) is 13.8 Å². The summed E-state index contributed by atoms with van der Waals surface area (Å²) in [4.78, 5) is 0. The molecule has 3 aliphatic carbocycles. The second-order valence-electron chi connectivity index (χ2n) is 6.64. The Morgan fingerprint density at radius 2 is 1.88 bits per heavy atom. The molecule has 1 unspecified atom stereocenters. The Morgan fingerprint density at radius 1 is 1.19 bits per heavy atom. The fourth-order valence-electron chi connectivity index (χ4n) is 5.72. The average molecular weight is 240 g/mol. The Bertz CT molecular complexity index is 353. The lowest BCUT2D eigenvalue weighted by molar-refractivity contribution is -0.270. The molecular formula is C13H20O2S. The first-order chi connectivity index (χ1) is 7.56. The van der Waals surface area contributed by atoms with Crippen molar-refractivity contribution in [1.29, 1.82) is 0 Å². The lowest BCUT2D eigenvalue weighted by Crippen LogP contribution is -2.59. The Morgan fingerprint density at radius 3 is 2.38 bits per heavy atom. The van der Waals surface area contributed by atoms with Gasteiger partial charge < -0.3 is 9.47 Å². The molecule has 90 valence electrons. The third kappa shape index (κ3) is 0.669. The van der Waals surface area contributed by atoms with E-state index in [1.54, 1.807) is 0 Å². The zero-order valence-electron chi connectivity index (χ0n) is 10.1. The second kappa shape index (κ2) is 2.50. The quantitative estimate of drug-likeness (QED) is 0.710. The lowest BCUT2D eigenvalue weighted by atomic mass is 9.53. The van der Waals surface area contributed by atoms with Crippen LogP contribution in [0.2, 0.25) is 0 Å². The van der Waals surface area contributed by atoms with Crippen molar-refractivity contribution in [2.75, 3.05) is 19.0 Å². The first-order valence-electron chi connectivity index (χ1n) is 6.45. The molecule has 1 aliphatic heterocycles. The van der Waals surface area contributed by atoms with Gasteiger partial charge in [0.1, 0.15) is 0 Å². The summed E-state index contributed by atoms with van der Waals surface area (Å²) in [6, 6.07) is 0. The summed E-state index contributed by atoms with van der Waals surface area (Å²) in [6.07, 6.45) is 3.72. The topological polar surface area (TPSA) is 18.5 Å². The van der Waals surface area contributed by atoms with Crippen molar-refractivity contribution in [3.63, 3.8) is 0 Å². The molecule has 4 aliphatic rings. The molecule has 0 aromatic rings. The maximum absolute atomic E-state index is 6.05. The molecule has 0 N–H and O–H groups in total. The normalized spacial score (nSPS) is 54.6. The Labute approximate surface area is 102 Å². The van der Waals surface area contributed by atoms with E-state index in [0.29, 0.717) is 10.8 Å². The molecule has 3 heteroatoms. The monoisotopic (exact) mass is 240 g/mol. The van der Waals surface area contributed by atoms with E-state index in [-0.39, 0.29) is 11.2 Å². The molecule has 0 aromatic carbocycles. The molecule has 1 heterocycles. The van der Waals surface area contributed by atoms with E-state index < -0.39 is 0 Å². The first kappa shape index (κ1) is 10.2. The van der Waals surface area contributed by atoms with Gasteiger partial charge in [0.05, 0.1) is 13.2 Å². The predicted octanol–water partition coefficient (Wildman–Crippen LogP) is 2.49. The molecule has 2 spiro atoms. The molecule has 1 saturated heterocycles. The van der Waals surface area contributed by atoms with Crippen LogP contribution in [0.15, 0.2) is 0 Å². The van der Waals surface area contributed by atoms with Crippen molar-refractivity contribution in [3.8, 4) is 0 Å². The van der Waals surface area contributed by atoms with Gasteiger partial charge in [-0.25, -0.2) is 0 Å². The van der Waals surface area contributed by atoms with Crippen LogP contribution in [0, 0.1) is 22.2 Å². The zero-order valence-corrected chi connectivity index (χ0v) is 11.0. The Kier molecular flexibility index (Phi) is 1.60. The maximum Gasteiger partial charge on any atom is 0.175 e. The van der Waals surface area contributed by atoms with Crippen molar-refractivity contribution in [2.45, 2.75) is 38.9 Å². The van der Waals surface area contributed by atoms with Crippen molar-refractivity contribution in [3.05, 3.63) is 0 Å². The van der Waals surface area contributed by atoms with Gasteiger partial charge in [0.2, 0.25) is 0 Å². The van der Waals surface area contributed by atoms with Gasteiger partial charge >= 0.3 is 0 Å². The number of fused-ring (bicyclic) bond motifs is 1. The minimum atomic E-state index is -0.257. The van der Waals surface area contributed by atoms with Crippen molar-refractivity contribution in [2.24, 2.45) is 22.2 Å².